The van der Waals surface area contributed by atoms with Gasteiger partial charge in [-0.25, -0.2) is 0 Å². The monoisotopic (exact) mass is 312 g/mol. The maximum Gasteiger partial charge on any atom is 0.236 e. The van der Waals surface area contributed by atoms with Crippen LogP contribution in [0.25, 0.3) is 0 Å². The Balaban J connectivity index is 0.00000400. The van der Waals surface area contributed by atoms with Crippen LogP contribution in [0.1, 0.15) is 45.2 Å². The molecule has 0 radical (unpaired) electrons. The second kappa shape index (κ2) is 8.40. The molecule has 0 saturated carbocycles. The number of nitrogens with two attached hydrogens (primary N) is 1. The fraction of sp³-hybridized carbons (Fsp3) is 0.588. The smallest absolute Gasteiger partial charge is 0.236 e. The summed E-state index contributed by atoms with van der Waals surface area (Å²) in [5.74, 6) is 0.375. The van der Waals surface area contributed by atoms with Gasteiger partial charge in [-0.3, -0.25) is 4.79 Å². The second-order valence-electron chi connectivity index (χ2n) is 6.71. The summed E-state index contributed by atoms with van der Waals surface area (Å²) in [5, 5.41) is 2.98. The van der Waals surface area contributed by atoms with Crippen molar-refractivity contribution in [2.75, 3.05) is 6.54 Å². The molecule has 0 spiro atoms. The van der Waals surface area contributed by atoms with Crippen molar-refractivity contribution in [2.24, 2.45) is 11.7 Å². The van der Waals surface area contributed by atoms with E-state index in [1.165, 1.54) is 11.1 Å². The van der Waals surface area contributed by atoms with Gasteiger partial charge in [-0.1, -0.05) is 57.5 Å². The molecule has 0 aliphatic heterocycles. The molecule has 3 N–H and O–H groups in total. The van der Waals surface area contributed by atoms with Crippen molar-refractivity contribution in [3.63, 3.8) is 0 Å². The number of amides is 1. The number of halogens is 1. The van der Waals surface area contributed by atoms with Crippen LogP contribution in [-0.4, -0.2) is 18.5 Å². The molecule has 0 aliphatic rings. The molecule has 4 heteroatoms. The van der Waals surface area contributed by atoms with Gasteiger partial charge in [-0.15, -0.1) is 12.4 Å². The Morgan fingerprint density at radius 1 is 1.33 bits per heavy atom. The van der Waals surface area contributed by atoms with Gasteiger partial charge in [-0.2, -0.15) is 0 Å². The number of aryl methyl sites for hydroxylation is 1. The minimum absolute atomic E-state index is 0. The van der Waals surface area contributed by atoms with Crippen LogP contribution < -0.4 is 11.1 Å². The number of nitrogens with one attached hydrogen (secondary N) is 1. The lowest BCUT2D eigenvalue weighted by molar-refractivity contribution is -0.122. The fourth-order valence-corrected chi connectivity index (χ4v) is 2.22. The Kier molecular flexibility index (Phi) is 7.98. The third kappa shape index (κ3) is 6.49. The normalized spacial score (nSPS) is 12.7. The van der Waals surface area contributed by atoms with E-state index in [2.05, 4.69) is 64.2 Å². The van der Waals surface area contributed by atoms with E-state index >= 15 is 0 Å². The summed E-state index contributed by atoms with van der Waals surface area (Å²) >= 11 is 0. The first-order valence-electron chi connectivity index (χ1n) is 7.33. The van der Waals surface area contributed by atoms with Gasteiger partial charge in [0, 0.05) is 12.0 Å². The molecule has 120 valence electrons. The van der Waals surface area contributed by atoms with E-state index in [9.17, 15) is 4.79 Å². The Labute approximate surface area is 135 Å². The van der Waals surface area contributed by atoms with Crippen LogP contribution in [0.4, 0.5) is 0 Å². The zero-order valence-corrected chi connectivity index (χ0v) is 14.6. The lowest BCUT2D eigenvalue weighted by Gasteiger charge is -2.27. The van der Waals surface area contributed by atoms with Crippen LogP contribution in [0.3, 0.4) is 0 Å². The molecule has 0 bridgehead atoms. The average Bonchev–Trinajstić information content (AvgIpc) is 2.35. The summed E-state index contributed by atoms with van der Waals surface area (Å²) in [6.07, 6.45) is 0.719. The Bertz CT molecular complexity index is 458. The number of benzene rings is 1. The quantitative estimate of drug-likeness (QED) is 0.847. The lowest BCUT2D eigenvalue weighted by Crippen LogP contribution is -2.45. The van der Waals surface area contributed by atoms with Gasteiger partial charge >= 0.3 is 0 Å². The van der Waals surface area contributed by atoms with Crippen molar-refractivity contribution in [1.29, 1.82) is 0 Å². The summed E-state index contributed by atoms with van der Waals surface area (Å²) in [5.41, 5.74) is 8.27. The predicted octanol–water partition coefficient (Wildman–Crippen LogP) is 3.18. The van der Waals surface area contributed by atoms with Crippen LogP contribution in [-0.2, 0) is 10.2 Å². The summed E-state index contributed by atoms with van der Waals surface area (Å²) in [6, 6.07) is 7.99. The first-order valence-corrected chi connectivity index (χ1v) is 7.33. The van der Waals surface area contributed by atoms with Crippen molar-refractivity contribution < 1.29 is 4.79 Å². The lowest BCUT2D eigenvalue weighted by atomic mass is 9.84. The van der Waals surface area contributed by atoms with E-state index in [0.29, 0.717) is 12.5 Å². The van der Waals surface area contributed by atoms with Gasteiger partial charge in [0.2, 0.25) is 5.91 Å². The van der Waals surface area contributed by atoms with Crippen molar-refractivity contribution in [3.8, 4) is 0 Å². The molecule has 0 heterocycles. The van der Waals surface area contributed by atoms with Gasteiger partial charge in [0.15, 0.2) is 0 Å². The minimum Gasteiger partial charge on any atom is -0.354 e. The van der Waals surface area contributed by atoms with E-state index in [1.54, 1.807) is 0 Å². The predicted molar refractivity (Wildman–Crippen MR) is 91.9 cm³/mol. The highest BCUT2D eigenvalue weighted by atomic mass is 35.5. The van der Waals surface area contributed by atoms with Gasteiger partial charge in [0.1, 0.15) is 0 Å². The third-order valence-corrected chi connectivity index (χ3v) is 3.57. The zero-order valence-electron chi connectivity index (χ0n) is 13.8. The molecular weight excluding hydrogens is 284 g/mol. The SMILES string of the molecule is Cc1cccc(C(C)(C)CNC(=O)[C@@H](N)CC(C)C)c1.Cl. The Hall–Kier alpha value is -1.06. The van der Waals surface area contributed by atoms with Crippen LogP contribution in [0.15, 0.2) is 24.3 Å². The second-order valence-corrected chi connectivity index (χ2v) is 6.71. The maximum atomic E-state index is 12.0. The van der Waals surface area contributed by atoms with Gasteiger partial charge in [-0.05, 0) is 24.8 Å². The maximum absolute atomic E-state index is 12.0. The third-order valence-electron chi connectivity index (χ3n) is 3.57. The summed E-state index contributed by atoms with van der Waals surface area (Å²) < 4.78 is 0. The summed E-state index contributed by atoms with van der Waals surface area (Å²) in [4.78, 5) is 12.0. The number of carbonyl (C=O) groups is 1. The average molecular weight is 313 g/mol. The van der Waals surface area contributed by atoms with Crippen molar-refractivity contribution in [3.05, 3.63) is 35.4 Å². The number of hydrogen-bond acceptors (Lipinski definition) is 2. The minimum atomic E-state index is -0.414. The van der Waals surface area contributed by atoms with Gasteiger partial charge in [0.05, 0.1) is 6.04 Å². The Morgan fingerprint density at radius 2 is 1.95 bits per heavy atom. The van der Waals surface area contributed by atoms with E-state index in [-0.39, 0.29) is 23.7 Å². The topological polar surface area (TPSA) is 55.1 Å². The van der Waals surface area contributed by atoms with E-state index < -0.39 is 6.04 Å². The van der Waals surface area contributed by atoms with Crippen LogP contribution in [0.5, 0.6) is 0 Å². The Morgan fingerprint density at radius 3 is 2.48 bits per heavy atom. The van der Waals surface area contributed by atoms with Crippen LogP contribution >= 0.6 is 12.4 Å². The molecule has 1 amide bonds. The highest BCUT2D eigenvalue weighted by Crippen LogP contribution is 2.23. The van der Waals surface area contributed by atoms with E-state index in [0.717, 1.165) is 6.42 Å². The van der Waals surface area contributed by atoms with Gasteiger partial charge < -0.3 is 11.1 Å². The molecule has 1 rings (SSSR count). The van der Waals surface area contributed by atoms with Crippen molar-refractivity contribution in [2.45, 2.75) is 52.5 Å². The highest BCUT2D eigenvalue weighted by Gasteiger charge is 2.23. The number of hydrogen-bond donors (Lipinski definition) is 2. The number of carbonyl (C=O) groups excluding carboxylic acids is 1. The molecule has 1 atom stereocenters. The molecule has 0 aromatic heterocycles. The molecule has 0 saturated heterocycles. The highest BCUT2D eigenvalue weighted by molar-refractivity contribution is 5.85. The molecule has 0 aliphatic carbocycles. The fourth-order valence-electron chi connectivity index (χ4n) is 2.22. The summed E-state index contributed by atoms with van der Waals surface area (Å²) in [6.45, 7) is 11.1. The zero-order chi connectivity index (χ0) is 15.3. The molecule has 1 aromatic carbocycles. The first-order chi connectivity index (χ1) is 9.22. The van der Waals surface area contributed by atoms with Crippen molar-refractivity contribution in [1.82, 2.24) is 5.32 Å². The standard InChI is InChI=1S/C17H28N2O.ClH/c1-12(2)9-15(18)16(20)19-11-17(4,5)14-8-6-7-13(3)10-14;/h6-8,10,12,15H,9,11,18H2,1-5H3,(H,19,20);1H/t15-;/m0./s1. The largest absolute Gasteiger partial charge is 0.354 e. The molecule has 1 aromatic rings. The number of rotatable bonds is 6. The molecular formula is C17H29ClN2O. The first kappa shape index (κ1) is 19.9. The molecule has 21 heavy (non-hydrogen) atoms. The van der Waals surface area contributed by atoms with Gasteiger partial charge in [0.25, 0.3) is 0 Å². The summed E-state index contributed by atoms with van der Waals surface area (Å²) in [7, 11) is 0. The van der Waals surface area contributed by atoms with Crippen LogP contribution in [0, 0.1) is 12.8 Å². The molecule has 0 fully saturated rings. The van der Waals surface area contributed by atoms with E-state index in [4.69, 9.17) is 5.73 Å². The van der Waals surface area contributed by atoms with E-state index in [1.807, 2.05) is 0 Å². The molecule has 3 nitrogen and oxygen atoms in total. The van der Waals surface area contributed by atoms with Crippen molar-refractivity contribution >= 4 is 18.3 Å². The molecule has 0 unspecified atom stereocenters. The van der Waals surface area contributed by atoms with Crippen LogP contribution in [0.2, 0.25) is 0 Å².